The predicted octanol–water partition coefficient (Wildman–Crippen LogP) is 1.52. The van der Waals surface area contributed by atoms with E-state index in [-0.39, 0.29) is 0 Å². The number of hydrogen-bond donors (Lipinski definition) is 3. The van der Waals surface area contributed by atoms with Gasteiger partial charge in [0.15, 0.2) is 0 Å². The molecule has 0 aliphatic carbocycles. The van der Waals surface area contributed by atoms with E-state index >= 15 is 0 Å². The zero-order valence-corrected chi connectivity index (χ0v) is 16.1. The van der Waals surface area contributed by atoms with Gasteiger partial charge in [-0.1, -0.05) is 6.42 Å². The van der Waals surface area contributed by atoms with Gasteiger partial charge in [0.2, 0.25) is 0 Å². The molecule has 3 aromatic heterocycles. The SMILES string of the molecule is c1n[nH]nc1CCC1CCC(Cc2cn[nH]n2)CCN(Cc2cn[nH]n2)CC1. The fraction of sp³-hybridized carbons (Fsp3) is 0.667. The standard InChI is InChI=1S/C18H28N10/c1-2-15(9-17-11-20-26-23-17)6-8-28(13-18-12-21-27-24-18)7-5-14(1)3-4-16-10-19-25-22-16/h10-12,14-15H,1-9,13H2,(H,19,22,25)(H,20,23,26)(H,21,24,27). The van der Waals surface area contributed by atoms with E-state index in [9.17, 15) is 0 Å². The number of rotatable bonds is 7. The van der Waals surface area contributed by atoms with Crippen LogP contribution in [0.4, 0.5) is 0 Å². The van der Waals surface area contributed by atoms with Gasteiger partial charge in [-0.25, -0.2) is 0 Å². The van der Waals surface area contributed by atoms with Gasteiger partial charge < -0.3 is 0 Å². The molecule has 0 radical (unpaired) electrons. The highest BCUT2D eigenvalue weighted by Gasteiger charge is 2.21. The van der Waals surface area contributed by atoms with Crippen molar-refractivity contribution in [1.29, 1.82) is 0 Å². The number of H-pyrrole nitrogens is 3. The topological polar surface area (TPSA) is 128 Å². The molecule has 1 aliphatic heterocycles. The van der Waals surface area contributed by atoms with Crippen LogP contribution in [0.1, 0.15) is 49.2 Å². The summed E-state index contributed by atoms with van der Waals surface area (Å²) in [6, 6.07) is 0. The van der Waals surface area contributed by atoms with Crippen LogP contribution in [0.5, 0.6) is 0 Å². The quantitative estimate of drug-likeness (QED) is 0.563. The summed E-state index contributed by atoms with van der Waals surface area (Å²) >= 11 is 0. The second-order valence-corrected chi connectivity index (χ2v) is 7.79. The molecular formula is C18H28N10. The number of aromatic amines is 3. The Morgan fingerprint density at radius 1 is 0.750 bits per heavy atom. The number of aryl methyl sites for hydroxylation is 1. The predicted molar refractivity (Wildman–Crippen MR) is 102 cm³/mol. The summed E-state index contributed by atoms with van der Waals surface area (Å²) in [4.78, 5) is 2.52. The normalized spacial score (nSPS) is 21.9. The van der Waals surface area contributed by atoms with Crippen molar-refractivity contribution in [2.45, 2.75) is 51.5 Å². The van der Waals surface area contributed by atoms with Gasteiger partial charge in [0.25, 0.3) is 0 Å². The third-order valence-electron chi connectivity index (χ3n) is 5.78. The largest absolute Gasteiger partial charge is 0.297 e. The molecule has 0 saturated carbocycles. The molecular weight excluding hydrogens is 356 g/mol. The summed E-state index contributed by atoms with van der Waals surface area (Å²) in [5, 5.41) is 32.7. The van der Waals surface area contributed by atoms with E-state index in [4.69, 9.17) is 0 Å². The van der Waals surface area contributed by atoms with Crippen LogP contribution in [-0.2, 0) is 19.4 Å². The van der Waals surface area contributed by atoms with Crippen LogP contribution < -0.4 is 0 Å². The molecule has 2 atom stereocenters. The molecule has 1 aliphatic rings. The van der Waals surface area contributed by atoms with E-state index in [0.29, 0.717) is 11.8 Å². The first kappa shape index (κ1) is 18.7. The van der Waals surface area contributed by atoms with Gasteiger partial charge in [-0.05, 0) is 63.5 Å². The second-order valence-electron chi connectivity index (χ2n) is 7.79. The highest BCUT2D eigenvalue weighted by Crippen LogP contribution is 2.27. The van der Waals surface area contributed by atoms with Crippen LogP contribution in [0.25, 0.3) is 0 Å². The van der Waals surface area contributed by atoms with Crippen LogP contribution in [0.2, 0.25) is 0 Å². The van der Waals surface area contributed by atoms with Gasteiger partial charge in [0.1, 0.15) is 0 Å². The fourth-order valence-corrected chi connectivity index (χ4v) is 4.10. The molecule has 150 valence electrons. The number of nitrogens with zero attached hydrogens (tertiary/aromatic N) is 7. The van der Waals surface area contributed by atoms with Crippen molar-refractivity contribution >= 4 is 0 Å². The van der Waals surface area contributed by atoms with Crippen LogP contribution in [0, 0.1) is 11.8 Å². The smallest absolute Gasteiger partial charge is 0.0964 e. The summed E-state index contributed by atoms with van der Waals surface area (Å²) < 4.78 is 0. The summed E-state index contributed by atoms with van der Waals surface area (Å²) in [5.41, 5.74) is 3.12. The van der Waals surface area contributed by atoms with Crippen LogP contribution in [0.15, 0.2) is 18.6 Å². The molecule has 3 aromatic rings. The summed E-state index contributed by atoms with van der Waals surface area (Å²) in [6.45, 7) is 3.02. The minimum absolute atomic E-state index is 0.623. The zero-order chi connectivity index (χ0) is 19.0. The van der Waals surface area contributed by atoms with Crippen molar-refractivity contribution in [2.24, 2.45) is 11.8 Å². The Balaban J connectivity index is 1.39. The lowest BCUT2D eigenvalue weighted by atomic mass is 9.87. The van der Waals surface area contributed by atoms with Gasteiger partial charge in [-0.3, -0.25) is 4.90 Å². The van der Waals surface area contributed by atoms with Crippen LogP contribution in [0.3, 0.4) is 0 Å². The second kappa shape index (κ2) is 9.54. The Bertz CT molecular complexity index is 719. The number of aromatic nitrogens is 9. The third kappa shape index (κ3) is 5.44. The first-order chi connectivity index (χ1) is 13.8. The highest BCUT2D eigenvalue weighted by molar-refractivity contribution is 4.95. The maximum atomic E-state index is 4.27. The van der Waals surface area contributed by atoms with E-state index in [1.165, 1.54) is 25.7 Å². The molecule has 10 heteroatoms. The van der Waals surface area contributed by atoms with Gasteiger partial charge in [-0.15, -0.1) is 0 Å². The summed E-state index contributed by atoms with van der Waals surface area (Å²) in [5.74, 6) is 1.31. The minimum atomic E-state index is 0.623. The van der Waals surface area contributed by atoms with E-state index < -0.39 is 0 Å². The molecule has 0 amide bonds. The molecule has 1 saturated heterocycles. The van der Waals surface area contributed by atoms with Crippen molar-refractivity contribution in [3.8, 4) is 0 Å². The zero-order valence-electron chi connectivity index (χ0n) is 16.1. The lowest BCUT2D eigenvalue weighted by Gasteiger charge is -2.23. The fourth-order valence-electron chi connectivity index (χ4n) is 4.10. The Morgan fingerprint density at radius 3 is 2.04 bits per heavy atom. The lowest BCUT2D eigenvalue weighted by Crippen LogP contribution is -2.27. The first-order valence-electron chi connectivity index (χ1n) is 10.1. The first-order valence-corrected chi connectivity index (χ1v) is 10.1. The molecule has 28 heavy (non-hydrogen) atoms. The van der Waals surface area contributed by atoms with E-state index in [2.05, 4.69) is 51.1 Å². The Labute approximate surface area is 163 Å². The maximum Gasteiger partial charge on any atom is 0.0964 e. The van der Waals surface area contributed by atoms with Crippen molar-refractivity contribution in [3.63, 3.8) is 0 Å². The molecule has 0 spiro atoms. The van der Waals surface area contributed by atoms with Gasteiger partial charge in [-0.2, -0.15) is 46.2 Å². The van der Waals surface area contributed by atoms with E-state index in [1.54, 1.807) is 0 Å². The monoisotopic (exact) mass is 384 g/mol. The third-order valence-corrected chi connectivity index (χ3v) is 5.78. The molecule has 0 bridgehead atoms. The molecule has 0 aromatic carbocycles. The highest BCUT2D eigenvalue weighted by atomic mass is 15.3. The minimum Gasteiger partial charge on any atom is -0.297 e. The summed E-state index contributed by atoms with van der Waals surface area (Å²) in [7, 11) is 0. The van der Waals surface area contributed by atoms with Crippen molar-refractivity contribution in [1.82, 2.24) is 51.1 Å². The Morgan fingerprint density at radius 2 is 1.36 bits per heavy atom. The molecule has 2 unspecified atom stereocenters. The average molecular weight is 384 g/mol. The van der Waals surface area contributed by atoms with Crippen LogP contribution in [-0.4, -0.2) is 64.2 Å². The maximum absolute atomic E-state index is 4.27. The lowest BCUT2D eigenvalue weighted by molar-refractivity contribution is 0.234. The van der Waals surface area contributed by atoms with Gasteiger partial charge in [0, 0.05) is 6.54 Å². The van der Waals surface area contributed by atoms with Gasteiger partial charge in [0.05, 0.1) is 35.7 Å². The van der Waals surface area contributed by atoms with E-state index in [0.717, 1.165) is 56.0 Å². The molecule has 4 heterocycles. The van der Waals surface area contributed by atoms with E-state index in [1.807, 2.05) is 18.6 Å². The molecule has 10 nitrogen and oxygen atoms in total. The van der Waals surface area contributed by atoms with Gasteiger partial charge >= 0.3 is 0 Å². The molecule has 3 N–H and O–H groups in total. The number of hydrogen-bond acceptors (Lipinski definition) is 7. The van der Waals surface area contributed by atoms with Crippen molar-refractivity contribution < 1.29 is 0 Å². The molecule has 1 fully saturated rings. The average Bonchev–Trinajstić information content (AvgIpc) is 3.48. The summed E-state index contributed by atoms with van der Waals surface area (Å²) in [6.07, 6.45) is 13.5. The van der Waals surface area contributed by atoms with Crippen molar-refractivity contribution in [3.05, 3.63) is 35.7 Å². The van der Waals surface area contributed by atoms with Crippen LogP contribution >= 0.6 is 0 Å². The Kier molecular flexibility index (Phi) is 6.38. The van der Waals surface area contributed by atoms with Crippen molar-refractivity contribution in [2.75, 3.05) is 13.1 Å². The number of nitrogens with one attached hydrogen (secondary N) is 3. The molecule has 4 rings (SSSR count). The Hall–Kier alpha value is -2.62.